The van der Waals surface area contributed by atoms with Crippen molar-refractivity contribution in [3.05, 3.63) is 94.0 Å². The van der Waals surface area contributed by atoms with Crippen LogP contribution < -0.4 is 5.32 Å². The molecule has 144 valence electrons. The third-order valence-electron chi connectivity index (χ3n) is 5.33. The molecule has 0 spiro atoms. The van der Waals surface area contributed by atoms with Gasteiger partial charge in [0.2, 0.25) is 0 Å². The van der Waals surface area contributed by atoms with Crippen molar-refractivity contribution in [2.24, 2.45) is 0 Å². The lowest BCUT2D eigenvalue weighted by Crippen LogP contribution is -2.33. The van der Waals surface area contributed by atoms with Crippen molar-refractivity contribution in [2.45, 2.75) is 12.5 Å². The van der Waals surface area contributed by atoms with E-state index in [0.717, 1.165) is 32.6 Å². The molecule has 1 aliphatic rings. The summed E-state index contributed by atoms with van der Waals surface area (Å²) >= 11 is 12.5. The van der Waals surface area contributed by atoms with Crippen LogP contribution in [0.4, 0.5) is 0 Å². The Labute approximate surface area is 177 Å². The van der Waals surface area contributed by atoms with Gasteiger partial charge >= 0.3 is 0 Å². The molecule has 3 aromatic rings. The molecule has 2 nitrogen and oxygen atoms in total. The highest BCUT2D eigenvalue weighted by Crippen LogP contribution is 2.34. The Hall–Kier alpha value is -1.84. The maximum atomic E-state index is 6.36. The summed E-state index contributed by atoms with van der Waals surface area (Å²) in [6.07, 6.45) is 1.14. The van der Waals surface area contributed by atoms with Gasteiger partial charge in [-0.3, -0.25) is 4.90 Å². The van der Waals surface area contributed by atoms with Gasteiger partial charge in [-0.05, 0) is 47.4 Å². The molecule has 1 N–H and O–H groups in total. The Balaban J connectivity index is 1.71. The Kier molecular flexibility index (Phi) is 6.33. The predicted octanol–water partition coefficient (Wildman–Crippen LogP) is 6.05. The molecule has 3 aromatic carbocycles. The number of hydrogen-bond acceptors (Lipinski definition) is 2. The minimum atomic E-state index is 0.166. The van der Waals surface area contributed by atoms with Gasteiger partial charge in [0.1, 0.15) is 0 Å². The Morgan fingerprint density at radius 3 is 2.18 bits per heavy atom. The number of halogens is 2. The van der Waals surface area contributed by atoms with Crippen LogP contribution >= 0.6 is 23.2 Å². The van der Waals surface area contributed by atoms with Crippen LogP contribution in [0.3, 0.4) is 0 Å². The first-order valence-electron chi connectivity index (χ1n) is 9.77. The molecule has 4 rings (SSSR count). The van der Waals surface area contributed by atoms with Crippen molar-refractivity contribution in [1.82, 2.24) is 10.2 Å². The molecular weight excluding hydrogens is 387 g/mol. The maximum absolute atomic E-state index is 6.36. The largest absolute Gasteiger partial charge is 0.315 e. The van der Waals surface area contributed by atoms with E-state index >= 15 is 0 Å². The van der Waals surface area contributed by atoms with Crippen LogP contribution in [0.1, 0.15) is 23.6 Å². The third kappa shape index (κ3) is 4.42. The summed E-state index contributed by atoms with van der Waals surface area (Å²) in [4.78, 5) is 2.54. The lowest BCUT2D eigenvalue weighted by atomic mass is 9.94. The van der Waals surface area contributed by atoms with Crippen molar-refractivity contribution in [1.29, 1.82) is 0 Å². The minimum absolute atomic E-state index is 0.166. The van der Waals surface area contributed by atoms with Gasteiger partial charge in [-0.15, -0.1) is 0 Å². The fourth-order valence-corrected chi connectivity index (χ4v) is 4.22. The van der Waals surface area contributed by atoms with E-state index < -0.39 is 0 Å². The molecule has 0 bridgehead atoms. The fraction of sp³-hybridized carbons (Fsp3) is 0.250. The lowest BCUT2D eigenvalue weighted by Gasteiger charge is -2.31. The average Bonchev–Trinajstić information content (AvgIpc) is 3.01. The number of hydrogen-bond donors (Lipinski definition) is 1. The normalized spacial score (nSPS) is 16.5. The monoisotopic (exact) mass is 410 g/mol. The highest BCUT2D eigenvalue weighted by atomic mass is 35.5. The molecule has 0 radical (unpaired) electrons. The second kappa shape index (κ2) is 9.11. The zero-order valence-electron chi connectivity index (χ0n) is 15.7. The Morgan fingerprint density at radius 2 is 1.43 bits per heavy atom. The first kappa shape index (κ1) is 19.5. The number of nitrogens with zero attached hydrogens (tertiary/aromatic N) is 1. The second-order valence-electron chi connectivity index (χ2n) is 7.20. The highest BCUT2D eigenvalue weighted by molar-refractivity contribution is 6.42. The van der Waals surface area contributed by atoms with E-state index in [1.54, 1.807) is 0 Å². The van der Waals surface area contributed by atoms with E-state index in [0.29, 0.717) is 10.0 Å². The highest BCUT2D eigenvalue weighted by Gasteiger charge is 2.24. The molecule has 0 saturated carbocycles. The summed E-state index contributed by atoms with van der Waals surface area (Å²) in [5.41, 5.74) is 4.93. The van der Waals surface area contributed by atoms with Gasteiger partial charge in [-0.25, -0.2) is 0 Å². The zero-order chi connectivity index (χ0) is 19.3. The van der Waals surface area contributed by atoms with E-state index in [4.69, 9.17) is 23.2 Å². The molecule has 0 aromatic heterocycles. The van der Waals surface area contributed by atoms with E-state index in [9.17, 15) is 0 Å². The molecule has 1 fully saturated rings. The van der Waals surface area contributed by atoms with Crippen LogP contribution in [-0.4, -0.2) is 31.1 Å². The Bertz CT molecular complexity index is 902. The summed E-state index contributed by atoms with van der Waals surface area (Å²) in [6, 6.07) is 25.6. The molecule has 1 unspecified atom stereocenters. The second-order valence-corrected chi connectivity index (χ2v) is 8.02. The van der Waals surface area contributed by atoms with Gasteiger partial charge in [-0.2, -0.15) is 0 Å². The topological polar surface area (TPSA) is 15.3 Å². The Morgan fingerprint density at radius 1 is 0.714 bits per heavy atom. The van der Waals surface area contributed by atoms with E-state index in [1.807, 2.05) is 18.2 Å². The number of rotatable bonds is 4. The predicted molar refractivity (Wildman–Crippen MR) is 119 cm³/mol. The fourth-order valence-electron chi connectivity index (χ4n) is 3.91. The average molecular weight is 411 g/mol. The number of nitrogens with one attached hydrogen (secondary N) is 1. The molecule has 0 aliphatic carbocycles. The van der Waals surface area contributed by atoms with Crippen LogP contribution in [0.15, 0.2) is 72.8 Å². The molecular formula is C24H24Cl2N2. The van der Waals surface area contributed by atoms with E-state index in [1.165, 1.54) is 22.3 Å². The number of benzene rings is 3. The first-order chi connectivity index (χ1) is 13.7. The van der Waals surface area contributed by atoms with Crippen LogP contribution in [-0.2, 0) is 0 Å². The van der Waals surface area contributed by atoms with Crippen molar-refractivity contribution in [3.63, 3.8) is 0 Å². The first-order valence-corrected chi connectivity index (χ1v) is 10.5. The smallest absolute Gasteiger partial charge is 0.0602 e. The summed E-state index contributed by atoms with van der Waals surface area (Å²) < 4.78 is 0. The SMILES string of the molecule is Clc1ccc(C(c2ccc(-c3ccccc3)cc2)N2CCCNCC2)cc1Cl. The molecule has 4 heteroatoms. The van der Waals surface area contributed by atoms with Gasteiger partial charge in [0, 0.05) is 19.6 Å². The summed E-state index contributed by atoms with van der Waals surface area (Å²) in [7, 11) is 0. The molecule has 28 heavy (non-hydrogen) atoms. The van der Waals surface area contributed by atoms with Gasteiger partial charge < -0.3 is 5.32 Å². The molecule has 1 saturated heterocycles. The molecule has 0 amide bonds. The maximum Gasteiger partial charge on any atom is 0.0602 e. The molecule has 1 heterocycles. The van der Waals surface area contributed by atoms with E-state index in [2.05, 4.69) is 64.8 Å². The van der Waals surface area contributed by atoms with Crippen molar-refractivity contribution >= 4 is 23.2 Å². The summed E-state index contributed by atoms with van der Waals surface area (Å²) in [6.45, 7) is 4.13. The third-order valence-corrected chi connectivity index (χ3v) is 6.07. The van der Waals surface area contributed by atoms with Gasteiger partial charge in [-0.1, -0.05) is 83.9 Å². The van der Waals surface area contributed by atoms with E-state index in [-0.39, 0.29) is 6.04 Å². The minimum Gasteiger partial charge on any atom is -0.315 e. The summed E-state index contributed by atoms with van der Waals surface area (Å²) in [5.74, 6) is 0. The van der Waals surface area contributed by atoms with Crippen LogP contribution in [0.2, 0.25) is 10.0 Å². The summed E-state index contributed by atoms with van der Waals surface area (Å²) in [5, 5.41) is 4.70. The van der Waals surface area contributed by atoms with Gasteiger partial charge in [0.15, 0.2) is 0 Å². The van der Waals surface area contributed by atoms with Crippen molar-refractivity contribution < 1.29 is 0 Å². The quantitative estimate of drug-likeness (QED) is 0.563. The zero-order valence-corrected chi connectivity index (χ0v) is 17.3. The van der Waals surface area contributed by atoms with Gasteiger partial charge in [0.05, 0.1) is 16.1 Å². The van der Waals surface area contributed by atoms with Crippen LogP contribution in [0, 0.1) is 0 Å². The van der Waals surface area contributed by atoms with Gasteiger partial charge in [0.25, 0.3) is 0 Å². The lowest BCUT2D eigenvalue weighted by molar-refractivity contribution is 0.241. The van der Waals surface area contributed by atoms with Crippen molar-refractivity contribution in [2.75, 3.05) is 26.2 Å². The molecule has 1 aliphatic heterocycles. The van der Waals surface area contributed by atoms with Crippen molar-refractivity contribution in [3.8, 4) is 11.1 Å². The standard InChI is InChI=1S/C24H24Cl2N2/c25-22-12-11-21(17-23(22)26)24(28-15-4-13-27-14-16-28)20-9-7-19(8-10-20)18-5-2-1-3-6-18/h1-3,5-12,17,24,27H,4,13-16H2. The molecule has 1 atom stereocenters. The van der Waals surface area contributed by atoms with Crippen LogP contribution in [0.25, 0.3) is 11.1 Å². The van der Waals surface area contributed by atoms with Crippen LogP contribution in [0.5, 0.6) is 0 Å².